The molecule has 0 radical (unpaired) electrons. The average molecular weight is 416 g/mol. The van der Waals surface area contributed by atoms with Crippen LogP contribution in [-0.4, -0.2) is 58.0 Å². The molecule has 158 valence electrons. The molecule has 1 aliphatic heterocycles. The number of nitrogens with zero attached hydrogens (tertiary/aromatic N) is 3. The van der Waals surface area contributed by atoms with Crippen LogP contribution >= 0.6 is 0 Å². The molecular weight excluding hydrogens is 392 g/mol. The Hall–Kier alpha value is -3.48. The van der Waals surface area contributed by atoms with E-state index in [1.807, 2.05) is 46.2 Å². The van der Waals surface area contributed by atoms with Crippen LogP contribution in [0.2, 0.25) is 0 Å². The predicted octanol–water partition coefficient (Wildman–Crippen LogP) is 2.21. The number of carbonyl (C=O) groups is 2. The van der Waals surface area contributed by atoms with E-state index < -0.39 is 0 Å². The van der Waals surface area contributed by atoms with Crippen molar-refractivity contribution >= 4 is 22.6 Å². The lowest BCUT2D eigenvalue weighted by Gasteiger charge is -2.35. The maximum absolute atomic E-state index is 13.1. The number of aromatic nitrogens is 2. The van der Waals surface area contributed by atoms with Crippen molar-refractivity contribution in [3.05, 3.63) is 75.7 Å². The SMILES string of the molecule is O=C(c1cccc(Cc2cccc3c(=O)[nH]ncc23)c1)N1CCN(C(=O)C2CC2)CC1. The molecule has 5 rings (SSSR count). The number of piperazine rings is 1. The molecule has 2 aromatic carbocycles. The summed E-state index contributed by atoms with van der Waals surface area (Å²) in [6.45, 7) is 2.36. The molecule has 1 aliphatic carbocycles. The second kappa shape index (κ2) is 7.98. The van der Waals surface area contributed by atoms with Crippen molar-refractivity contribution in [1.82, 2.24) is 20.0 Å². The monoisotopic (exact) mass is 416 g/mol. The van der Waals surface area contributed by atoms with Gasteiger partial charge in [-0.05, 0) is 48.6 Å². The minimum absolute atomic E-state index is 0.00333. The van der Waals surface area contributed by atoms with E-state index in [1.165, 1.54) is 0 Å². The Morgan fingerprint density at radius 1 is 0.968 bits per heavy atom. The Balaban J connectivity index is 1.31. The van der Waals surface area contributed by atoms with Gasteiger partial charge in [0.25, 0.3) is 11.5 Å². The summed E-state index contributed by atoms with van der Waals surface area (Å²) >= 11 is 0. The van der Waals surface area contributed by atoms with Crippen molar-refractivity contribution in [2.45, 2.75) is 19.3 Å². The zero-order valence-corrected chi connectivity index (χ0v) is 17.2. The Morgan fingerprint density at radius 3 is 2.48 bits per heavy atom. The van der Waals surface area contributed by atoms with Crippen LogP contribution in [0.15, 0.2) is 53.5 Å². The number of aromatic amines is 1. The first-order valence-electron chi connectivity index (χ1n) is 10.7. The van der Waals surface area contributed by atoms with Gasteiger partial charge in [0.05, 0.1) is 11.6 Å². The van der Waals surface area contributed by atoms with Crippen molar-refractivity contribution in [3.63, 3.8) is 0 Å². The van der Waals surface area contributed by atoms with Gasteiger partial charge < -0.3 is 9.80 Å². The van der Waals surface area contributed by atoms with Crippen LogP contribution in [0.1, 0.15) is 34.3 Å². The number of benzene rings is 2. The zero-order valence-electron chi connectivity index (χ0n) is 17.2. The van der Waals surface area contributed by atoms with Crippen LogP contribution in [0.4, 0.5) is 0 Å². The van der Waals surface area contributed by atoms with Crippen LogP contribution in [0.5, 0.6) is 0 Å². The van der Waals surface area contributed by atoms with Gasteiger partial charge in [-0.3, -0.25) is 14.4 Å². The molecule has 2 fully saturated rings. The molecule has 0 atom stereocenters. The molecule has 0 unspecified atom stereocenters. The molecule has 7 heteroatoms. The first kappa shape index (κ1) is 19.5. The third-order valence-electron chi connectivity index (χ3n) is 6.17. The highest BCUT2D eigenvalue weighted by molar-refractivity contribution is 5.94. The van der Waals surface area contributed by atoms with E-state index in [2.05, 4.69) is 10.2 Å². The minimum Gasteiger partial charge on any atom is -0.339 e. The van der Waals surface area contributed by atoms with Crippen molar-refractivity contribution < 1.29 is 9.59 Å². The third kappa shape index (κ3) is 3.95. The lowest BCUT2D eigenvalue weighted by atomic mass is 9.98. The van der Waals surface area contributed by atoms with Crippen LogP contribution in [0.3, 0.4) is 0 Å². The Labute approximate surface area is 179 Å². The molecule has 1 N–H and O–H groups in total. The van der Waals surface area contributed by atoms with Gasteiger partial charge in [0.2, 0.25) is 5.91 Å². The third-order valence-corrected chi connectivity index (χ3v) is 6.17. The highest BCUT2D eigenvalue weighted by atomic mass is 16.2. The topological polar surface area (TPSA) is 86.4 Å². The van der Waals surface area contributed by atoms with Gasteiger partial charge in [0.1, 0.15) is 0 Å². The number of hydrogen-bond donors (Lipinski definition) is 1. The summed E-state index contributed by atoms with van der Waals surface area (Å²) < 4.78 is 0. The van der Waals surface area contributed by atoms with Crippen LogP contribution < -0.4 is 5.56 Å². The smallest absolute Gasteiger partial charge is 0.272 e. The summed E-state index contributed by atoms with van der Waals surface area (Å²) in [7, 11) is 0. The second-order valence-electron chi connectivity index (χ2n) is 8.35. The lowest BCUT2D eigenvalue weighted by molar-refractivity contribution is -0.134. The number of fused-ring (bicyclic) bond motifs is 1. The normalized spacial score (nSPS) is 16.5. The quantitative estimate of drug-likeness (QED) is 0.707. The summed E-state index contributed by atoms with van der Waals surface area (Å²) in [5.74, 6) is 0.465. The summed E-state index contributed by atoms with van der Waals surface area (Å²) in [5.41, 5.74) is 2.44. The number of hydrogen-bond acceptors (Lipinski definition) is 4. The van der Waals surface area contributed by atoms with Crippen molar-refractivity contribution in [2.75, 3.05) is 26.2 Å². The molecule has 1 aromatic heterocycles. The fraction of sp³-hybridized carbons (Fsp3) is 0.333. The average Bonchev–Trinajstić information content (AvgIpc) is 3.65. The summed E-state index contributed by atoms with van der Waals surface area (Å²) in [6, 6.07) is 13.3. The maximum atomic E-state index is 13.1. The molecule has 2 aliphatic rings. The fourth-order valence-corrected chi connectivity index (χ4v) is 4.27. The van der Waals surface area contributed by atoms with Gasteiger partial charge in [-0.15, -0.1) is 0 Å². The molecule has 7 nitrogen and oxygen atoms in total. The first-order valence-corrected chi connectivity index (χ1v) is 10.7. The molecule has 1 saturated carbocycles. The van der Waals surface area contributed by atoms with Gasteiger partial charge in [-0.25, -0.2) is 5.10 Å². The van der Waals surface area contributed by atoms with Crippen molar-refractivity contribution in [1.29, 1.82) is 0 Å². The van der Waals surface area contributed by atoms with Crippen molar-refractivity contribution in [2.24, 2.45) is 5.92 Å². The summed E-state index contributed by atoms with van der Waals surface area (Å²) in [6.07, 6.45) is 4.29. The van der Waals surface area contributed by atoms with Gasteiger partial charge in [0.15, 0.2) is 0 Å². The number of carbonyl (C=O) groups excluding carboxylic acids is 2. The minimum atomic E-state index is -0.206. The van der Waals surface area contributed by atoms with E-state index in [-0.39, 0.29) is 23.3 Å². The molecule has 0 bridgehead atoms. The molecule has 2 amide bonds. The maximum Gasteiger partial charge on any atom is 0.272 e. The molecule has 31 heavy (non-hydrogen) atoms. The highest BCUT2D eigenvalue weighted by Crippen LogP contribution is 2.31. The van der Waals surface area contributed by atoms with E-state index in [0.717, 1.165) is 29.4 Å². The van der Waals surface area contributed by atoms with E-state index in [4.69, 9.17) is 0 Å². The predicted molar refractivity (Wildman–Crippen MR) is 117 cm³/mol. The first-order chi connectivity index (χ1) is 15.1. The second-order valence-corrected chi connectivity index (χ2v) is 8.35. The molecular formula is C24H24N4O3. The van der Waals surface area contributed by atoms with E-state index in [9.17, 15) is 14.4 Å². The Bertz CT molecular complexity index is 1210. The van der Waals surface area contributed by atoms with Gasteiger partial charge >= 0.3 is 0 Å². The zero-order chi connectivity index (χ0) is 21.4. The van der Waals surface area contributed by atoms with E-state index in [0.29, 0.717) is 43.5 Å². The molecule has 2 heterocycles. The largest absolute Gasteiger partial charge is 0.339 e. The summed E-state index contributed by atoms with van der Waals surface area (Å²) in [4.78, 5) is 41.0. The highest BCUT2D eigenvalue weighted by Gasteiger charge is 2.35. The van der Waals surface area contributed by atoms with E-state index >= 15 is 0 Å². The molecule has 3 aromatic rings. The van der Waals surface area contributed by atoms with Gasteiger partial charge in [0, 0.05) is 43.0 Å². The van der Waals surface area contributed by atoms with Crippen LogP contribution in [0, 0.1) is 5.92 Å². The lowest BCUT2D eigenvalue weighted by Crippen LogP contribution is -2.51. The van der Waals surface area contributed by atoms with Crippen LogP contribution in [-0.2, 0) is 11.2 Å². The number of rotatable bonds is 4. The number of amides is 2. The van der Waals surface area contributed by atoms with E-state index in [1.54, 1.807) is 12.3 Å². The van der Waals surface area contributed by atoms with Crippen molar-refractivity contribution in [3.8, 4) is 0 Å². The van der Waals surface area contributed by atoms with Crippen LogP contribution in [0.25, 0.3) is 10.8 Å². The number of nitrogens with one attached hydrogen (secondary N) is 1. The van der Waals surface area contributed by atoms with Gasteiger partial charge in [-0.1, -0.05) is 24.3 Å². The Kier molecular flexibility index (Phi) is 5.02. The van der Waals surface area contributed by atoms with Gasteiger partial charge in [-0.2, -0.15) is 5.10 Å². The fourth-order valence-electron chi connectivity index (χ4n) is 4.27. The summed E-state index contributed by atoms with van der Waals surface area (Å²) in [5, 5.41) is 7.82. The Morgan fingerprint density at radius 2 is 1.71 bits per heavy atom. The standard InChI is InChI=1S/C24H24N4O3/c29-22-20-6-2-4-18(21(20)15-25-26-22)13-16-3-1-5-19(14-16)24(31)28-11-9-27(10-12-28)23(30)17-7-8-17/h1-6,14-15,17H,7-13H2,(H,26,29). The molecule has 1 saturated heterocycles. The molecule has 0 spiro atoms. The number of H-pyrrole nitrogens is 1.